The molecule has 3 heterocycles. The lowest BCUT2D eigenvalue weighted by Crippen LogP contribution is -2.14. The fourth-order valence-electron chi connectivity index (χ4n) is 3.31. The number of hydrogen-bond acceptors (Lipinski definition) is 5. The van der Waals surface area contributed by atoms with E-state index in [0.29, 0.717) is 22.8 Å². The Morgan fingerprint density at radius 1 is 1.24 bits per heavy atom. The molecular weight excluding hydrogens is 406 g/mol. The van der Waals surface area contributed by atoms with Crippen LogP contribution < -0.4 is 5.32 Å². The van der Waals surface area contributed by atoms with Crippen LogP contribution in [-0.4, -0.2) is 25.7 Å². The van der Waals surface area contributed by atoms with Crippen LogP contribution in [0, 0.1) is 20.8 Å². The van der Waals surface area contributed by atoms with E-state index in [1.54, 1.807) is 10.9 Å². The van der Waals surface area contributed by atoms with Crippen LogP contribution in [0.25, 0.3) is 11.0 Å². The first kappa shape index (κ1) is 19.5. The van der Waals surface area contributed by atoms with E-state index in [1.165, 1.54) is 11.3 Å². The van der Waals surface area contributed by atoms with Crippen molar-refractivity contribution in [2.75, 3.05) is 5.32 Å². The second-order valence-corrected chi connectivity index (χ2v) is 8.51. The van der Waals surface area contributed by atoms with Crippen LogP contribution in [0.5, 0.6) is 0 Å². The van der Waals surface area contributed by atoms with Crippen molar-refractivity contribution in [1.82, 2.24) is 19.7 Å². The molecule has 0 atom stereocenters. The third-order valence-electron chi connectivity index (χ3n) is 4.84. The van der Waals surface area contributed by atoms with Gasteiger partial charge in [0.05, 0.1) is 17.0 Å². The molecule has 3 aromatic heterocycles. The molecule has 8 heteroatoms. The molecule has 0 radical (unpaired) electrons. The summed E-state index contributed by atoms with van der Waals surface area (Å²) in [5, 5.41) is 9.46. The normalized spacial score (nSPS) is 11.2. The van der Waals surface area contributed by atoms with Crippen molar-refractivity contribution in [2.24, 2.45) is 7.05 Å². The molecule has 4 aromatic rings. The summed E-state index contributed by atoms with van der Waals surface area (Å²) >= 11 is 7.84. The third kappa shape index (κ3) is 3.75. The molecule has 0 saturated carbocycles. The molecular formula is C21H20ClN5OS. The second-order valence-electron chi connectivity index (χ2n) is 7.01. The maximum Gasteiger partial charge on any atom is 0.259 e. The Balaban J connectivity index is 1.55. The smallest absolute Gasteiger partial charge is 0.259 e. The van der Waals surface area contributed by atoms with E-state index in [0.717, 1.165) is 37.8 Å². The lowest BCUT2D eigenvalue weighted by atomic mass is 10.1. The van der Waals surface area contributed by atoms with Gasteiger partial charge in [0.25, 0.3) is 5.91 Å². The van der Waals surface area contributed by atoms with Gasteiger partial charge in [0, 0.05) is 35.0 Å². The highest BCUT2D eigenvalue weighted by atomic mass is 35.5. The molecule has 0 unspecified atom stereocenters. The van der Waals surface area contributed by atoms with Crippen molar-refractivity contribution in [2.45, 2.75) is 27.2 Å². The van der Waals surface area contributed by atoms with E-state index in [-0.39, 0.29) is 5.91 Å². The fourth-order valence-corrected chi connectivity index (χ4v) is 4.33. The summed E-state index contributed by atoms with van der Waals surface area (Å²) in [5.74, 6) is -0.227. The molecule has 1 amide bonds. The Hall–Kier alpha value is -2.77. The predicted molar refractivity (Wildman–Crippen MR) is 117 cm³/mol. The number of aromatic nitrogens is 4. The molecule has 0 saturated heterocycles. The average molecular weight is 426 g/mol. The van der Waals surface area contributed by atoms with Gasteiger partial charge in [-0.25, -0.2) is 9.97 Å². The maximum absolute atomic E-state index is 12.8. The largest absolute Gasteiger partial charge is 0.298 e. The minimum Gasteiger partial charge on any atom is -0.298 e. The van der Waals surface area contributed by atoms with Gasteiger partial charge in [0.1, 0.15) is 0 Å². The number of fused-ring (bicyclic) bond motifs is 1. The van der Waals surface area contributed by atoms with Crippen LogP contribution in [-0.2, 0) is 13.5 Å². The summed E-state index contributed by atoms with van der Waals surface area (Å²) in [6, 6.07) is 7.83. The highest BCUT2D eigenvalue weighted by Gasteiger charge is 2.17. The van der Waals surface area contributed by atoms with Crippen molar-refractivity contribution in [1.29, 1.82) is 0 Å². The molecule has 4 rings (SSSR count). The van der Waals surface area contributed by atoms with Crippen LogP contribution in [0.4, 0.5) is 5.13 Å². The van der Waals surface area contributed by atoms with Gasteiger partial charge in [0.15, 0.2) is 10.8 Å². The fraction of sp³-hybridized carbons (Fsp3) is 0.238. The standard InChI is InChI=1S/C21H20ClN5OS/c1-11-6-5-7-14(18(11)22)8-15-10-23-21(29-15)25-20(28)17-9-16-13(3)26-27(4)19(16)24-12(17)2/h5-7,9-10H,8H2,1-4H3,(H,23,25,28). The Labute approximate surface area is 177 Å². The Morgan fingerprint density at radius 3 is 2.83 bits per heavy atom. The minimum absolute atomic E-state index is 0.227. The summed E-state index contributed by atoms with van der Waals surface area (Å²) in [5.41, 5.74) is 4.88. The molecule has 0 aliphatic rings. The number of carbonyl (C=O) groups excluding carboxylic acids is 1. The Kier molecular flexibility index (Phi) is 5.10. The molecule has 1 N–H and O–H groups in total. The lowest BCUT2D eigenvalue weighted by Gasteiger charge is -2.06. The number of amides is 1. The highest BCUT2D eigenvalue weighted by molar-refractivity contribution is 7.15. The first-order valence-corrected chi connectivity index (χ1v) is 10.3. The van der Waals surface area contributed by atoms with Gasteiger partial charge in [-0.2, -0.15) is 5.10 Å². The SMILES string of the molecule is Cc1cccc(Cc2cnc(NC(=O)c3cc4c(C)nn(C)c4nc3C)s2)c1Cl. The third-order valence-corrected chi connectivity index (χ3v) is 6.30. The number of thiazole rings is 1. The number of pyridine rings is 1. The molecule has 6 nitrogen and oxygen atoms in total. The van der Waals surface area contributed by atoms with Crippen LogP contribution in [0.15, 0.2) is 30.5 Å². The van der Waals surface area contributed by atoms with Crippen molar-refractivity contribution in [3.8, 4) is 0 Å². The molecule has 0 fully saturated rings. The van der Waals surface area contributed by atoms with Gasteiger partial charge in [0.2, 0.25) is 0 Å². The molecule has 0 bridgehead atoms. The first-order valence-electron chi connectivity index (χ1n) is 9.14. The summed E-state index contributed by atoms with van der Waals surface area (Å²) in [6.07, 6.45) is 2.45. The number of hydrogen-bond donors (Lipinski definition) is 1. The van der Waals surface area contributed by atoms with Crippen molar-refractivity contribution >= 4 is 45.0 Å². The van der Waals surface area contributed by atoms with E-state index in [1.807, 2.05) is 52.1 Å². The van der Waals surface area contributed by atoms with Gasteiger partial charge < -0.3 is 0 Å². The zero-order valence-corrected chi connectivity index (χ0v) is 18.1. The number of halogens is 1. The lowest BCUT2D eigenvalue weighted by molar-refractivity contribution is 0.102. The van der Waals surface area contributed by atoms with Crippen LogP contribution in [0.2, 0.25) is 5.02 Å². The summed E-state index contributed by atoms with van der Waals surface area (Å²) in [4.78, 5) is 22.8. The van der Waals surface area contributed by atoms with Crippen molar-refractivity contribution < 1.29 is 4.79 Å². The zero-order chi connectivity index (χ0) is 20.7. The molecule has 0 spiro atoms. The number of nitrogens with zero attached hydrogens (tertiary/aromatic N) is 4. The van der Waals surface area contributed by atoms with Crippen LogP contribution in [0.3, 0.4) is 0 Å². The van der Waals surface area contributed by atoms with Crippen molar-refractivity contribution in [3.05, 3.63) is 68.4 Å². The summed E-state index contributed by atoms with van der Waals surface area (Å²) < 4.78 is 1.73. The average Bonchev–Trinajstić information content (AvgIpc) is 3.22. The zero-order valence-electron chi connectivity index (χ0n) is 16.6. The number of nitrogens with one attached hydrogen (secondary N) is 1. The molecule has 1 aromatic carbocycles. The summed E-state index contributed by atoms with van der Waals surface area (Å²) in [6.45, 7) is 5.72. The number of rotatable bonds is 4. The number of carbonyl (C=O) groups is 1. The van der Waals surface area contributed by atoms with E-state index in [2.05, 4.69) is 20.4 Å². The van der Waals surface area contributed by atoms with Crippen LogP contribution >= 0.6 is 22.9 Å². The van der Waals surface area contributed by atoms with Gasteiger partial charge in [-0.3, -0.25) is 14.8 Å². The van der Waals surface area contributed by atoms with E-state index >= 15 is 0 Å². The molecule has 0 aliphatic heterocycles. The van der Waals surface area contributed by atoms with E-state index in [9.17, 15) is 4.79 Å². The van der Waals surface area contributed by atoms with Gasteiger partial charge in [-0.1, -0.05) is 29.8 Å². The van der Waals surface area contributed by atoms with Gasteiger partial charge in [-0.05, 0) is 38.0 Å². The predicted octanol–water partition coefficient (Wildman–Crippen LogP) is 4.85. The Bertz CT molecular complexity index is 1240. The Morgan fingerprint density at radius 2 is 2.03 bits per heavy atom. The molecule has 29 heavy (non-hydrogen) atoms. The maximum atomic E-state index is 12.8. The van der Waals surface area contributed by atoms with E-state index < -0.39 is 0 Å². The topological polar surface area (TPSA) is 72.7 Å². The number of benzene rings is 1. The number of aryl methyl sites for hydroxylation is 4. The monoisotopic (exact) mass is 425 g/mol. The van der Waals surface area contributed by atoms with E-state index in [4.69, 9.17) is 11.6 Å². The van der Waals surface area contributed by atoms with Crippen molar-refractivity contribution in [3.63, 3.8) is 0 Å². The first-order chi connectivity index (χ1) is 13.8. The van der Waals surface area contributed by atoms with Gasteiger partial charge >= 0.3 is 0 Å². The second kappa shape index (κ2) is 7.57. The highest BCUT2D eigenvalue weighted by Crippen LogP contribution is 2.27. The van der Waals surface area contributed by atoms with Crippen LogP contribution in [0.1, 0.15) is 37.7 Å². The summed E-state index contributed by atoms with van der Waals surface area (Å²) in [7, 11) is 1.85. The molecule has 148 valence electrons. The molecule has 0 aliphatic carbocycles. The quantitative estimate of drug-likeness (QED) is 0.507. The minimum atomic E-state index is -0.227. The number of anilines is 1. The van der Waals surface area contributed by atoms with Gasteiger partial charge in [-0.15, -0.1) is 11.3 Å².